The third-order valence-electron chi connectivity index (χ3n) is 4.35. The van der Waals surface area contributed by atoms with Gasteiger partial charge in [-0.3, -0.25) is 9.78 Å². The zero-order valence-electron chi connectivity index (χ0n) is 13.8. The Kier molecular flexibility index (Phi) is 4.02. The molecule has 0 saturated carbocycles. The third kappa shape index (κ3) is 2.91. The van der Waals surface area contributed by atoms with Gasteiger partial charge in [0.15, 0.2) is 11.5 Å². The Balaban J connectivity index is 1.61. The molecule has 25 heavy (non-hydrogen) atoms. The molecule has 4 heterocycles. The number of aromatic nitrogens is 4. The summed E-state index contributed by atoms with van der Waals surface area (Å²) < 4.78 is 7.28. The highest BCUT2D eigenvalue weighted by Crippen LogP contribution is 2.25. The van der Waals surface area contributed by atoms with E-state index in [9.17, 15) is 4.79 Å². The standard InChI is InChI=1S/C17H18N6O2/c1-22-8-7-20-16(22)14-11-19-6-9-23(14)17(24)13-10-15(25-21-13)12-2-4-18-5-3-12/h2-5,7-8,10,14,19H,6,9,11H2,1H3. The molecule has 0 aromatic carbocycles. The van der Waals surface area contributed by atoms with Crippen molar-refractivity contribution in [2.75, 3.05) is 19.6 Å². The first-order chi connectivity index (χ1) is 12.2. The maximum atomic E-state index is 13.0. The van der Waals surface area contributed by atoms with Crippen molar-refractivity contribution in [3.63, 3.8) is 0 Å². The van der Waals surface area contributed by atoms with E-state index < -0.39 is 0 Å². The van der Waals surface area contributed by atoms with E-state index in [0.29, 0.717) is 24.5 Å². The van der Waals surface area contributed by atoms with Crippen LogP contribution in [0.15, 0.2) is 47.5 Å². The molecule has 1 atom stereocenters. The number of pyridine rings is 1. The van der Waals surface area contributed by atoms with Crippen molar-refractivity contribution in [2.24, 2.45) is 7.05 Å². The second-order valence-corrected chi connectivity index (χ2v) is 5.93. The summed E-state index contributed by atoms with van der Waals surface area (Å²) in [5.74, 6) is 1.24. The minimum absolute atomic E-state index is 0.137. The van der Waals surface area contributed by atoms with Gasteiger partial charge < -0.3 is 19.3 Å². The van der Waals surface area contributed by atoms with Crippen LogP contribution in [-0.2, 0) is 7.05 Å². The van der Waals surface area contributed by atoms with Crippen LogP contribution in [0.2, 0.25) is 0 Å². The number of nitrogens with one attached hydrogen (secondary N) is 1. The number of carbonyl (C=O) groups excluding carboxylic acids is 1. The Hall–Kier alpha value is -3.00. The van der Waals surface area contributed by atoms with E-state index in [1.165, 1.54) is 0 Å². The van der Waals surface area contributed by atoms with Gasteiger partial charge in [-0.15, -0.1) is 0 Å². The second-order valence-electron chi connectivity index (χ2n) is 5.93. The molecule has 1 unspecified atom stereocenters. The monoisotopic (exact) mass is 338 g/mol. The van der Waals surface area contributed by atoms with Crippen molar-refractivity contribution >= 4 is 5.91 Å². The fourth-order valence-corrected chi connectivity index (χ4v) is 3.05. The van der Waals surface area contributed by atoms with Crippen molar-refractivity contribution in [1.29, 1.82) is 0 Å². The molecule has 3 aromatic rings. The Labute approximate surface area is 144 Å². The van der Waals surface area contributed by atoms with E-state index in [1.807, 2.05) is 29.9 Å². The summed E-state index contributed by atoms with van der Waals surface area (Å²) in [4.78, 5) is 23.2. The third-order valence-corrected chi connectivity index (χ3v) is 4.35. The van der Waals surface area contributed by atoms with Crippen LogP contribution in [0.25, 0.3) is 11.3 Å². The second kappa shape index (κ2) is 6.48. The Bertz CT molecular complexity index is 872. The quantitative estimate of drug-likeness (QED) is 0.773. The summed E-state index contributed by atoms with van der Waals surface area (Å²) >= 11 is 0. The number of imidazole rings is 1. The van der Waals surface area contributed by atoms with Crippen molar-refractivity contribution in [1.82, 2.24) is 29.9 Å². The van der Waals surface area contributed by atoms with Gasteiger partial charge in [-0.1, -0.05) is 5.16 Å². The van der Waals surface area contributed by atoms with Gasteiger partial charge >= 0.3 is 0 Å². The minimum Gasteiger partial charge on any atom is -0.355 e. The van der Waals surface area contributed by atoms with Crippen LogP contribution in [0.3, 0.4) is 0 Å². The highest BCUT2D eigenvalue weighted by molar-refractivity contribution is 5.93. The summed E-state index contributed by atoms with van der Waals surface area (Å²) in [6, 6.07) is 5.17. The van der Waals surface area contributed by atoms with Gasteiger partial charge in [-0.05, 0) is 12.1 Å². The van der Waals surface area contributed by atoms with Crippen LogP contribution in [0.4, 0.5) is 0 Å². The Morgan fingerprint density at radius 2 is 2.16 bits per heavy atom. The van der Waals surface area contributed by atoms with Crippen LogP contribution < -0.4 is 5.32 Å². The minimum atomic E-state index is -0.154. The zero-order valence-corrected chi connectivity index (χ0v) is 13.8. The van der Waals surface area contributed by atoms with Crippen molar-refractivity contribution < 1.29 is 9.32 Å². The molecule has 4 rings (SSSR count). The maximum Gasteiger partial charge on any atom is 0.276 e. The molecular formula is C17H18N6O2. The van der Waals surface area contributed by atoms with Gasteiger partial charge in [0.1, 0.15) is 11.9 Å². The topological polar surface area (TPSA) is 89.1 Å². The molecule has 1 aliphatic rings. The lowest BCUT2D eigenvalue weighted by atomic mass is 10.1. The van der Waals surface area contributed by atoms with E-state index in [1.54, 1.807) is 29.6 Å². The predicted octanol–water partition coefficient (Wildman–Crippen LogP) is 1.26. The normalized spacial score (nSPS) is 17.6. The fraction of sp³-hybridized carbons (Fsp3) is 0.294. The molecule has 0 radical (unpaired) electrons. The molecule has 1 amide bonds. The van der Waals surface area contributed by atoms with Crippen LogP contribution in [0.5, 0.6) is 0 Å². The smallest absolute Gasteiger partial charge is 0.276 e. The predicted molar refractivity (Wildman–Crippen MR) is 89.6 cm³/mol. The van der Waals surface area contributed by atoms with Gasteiger partial charge in [-0.2, -0.15) is 0 Å². The number of carbonyl (C=O) groups is 1. The molecule has 1 N–H and O–H groups in total. The Morgan fingerprint density at radius 3 is 2.92 bits per heavy atom. The lowest BCUT2D eigenvalue weighted by molar-refractivity contribution is 0.0610. The molecule has 0 bridgehead atoms. The Morgan fingerprint density at radius 1 is 1.32 bits per heavy atom. The van der Waals surface area contributed by atoms with Gasteiger partial charge in [0.05, 0.1) is 0 Å². The van der Waals surface area contributed by atoms with E-state index in [0.717, 1.165) is 17.9 Å². The zero-order chi connectivity index (χ0) is 17.2. The number of hydrogen-bond acceptors (Lipinski definition) is 6. The summed E-state index contributed by atoms with van der Waals surface area (Å²) in [6.45, 7) is 1.99. The number of piperazine rings is 1. The van der Waals surface area contributed by atoms with Gasteiger partial charge in [0.2, 0.25) is 0 Å². The van der Waals surface area contributed by atoms with Crippen molar-refractivity contribution in [3.05, 3.63) is 54.5 Å². The number of nitrogens with zero attached hydrogens (tertiary/aromatic N) is 5. The van der Waals surface area contributed by atoms with Crippen LogP contribution in [0, 0.1) is 0 Å². The first-order valence-electron chi connectivity index (χ1n) is 8.10. The summed E-state index contributed by atoms with van der Waals surface area (Å²) in [5.41, 5.74) is 1.13. The molecule has 0 aliphatic carbocycles. The molecule has 8 heteroatoms. The van der Waals surface area contributed by atoms with Crippen LogP contribution in [0.1, 0.15) is 22.4 Å². The number of aryl methyl sites for hydroxylation is 1. The number of amides is 1. The highest BCUT2D eigenvalue weighted by atomic mass is 16.5. The summed E-state index contributed by atoms with van der Waals surface area (Å²) in [7, 11) is 1.93. The van der Waals surface area contributed by atoms with Gasteiger partial charge in [0.25, 0.3) is 5.91 Å². The van der Waals surface area contributed by atoms with E-state index in [-0.39, 0.29) is 11.9 Å². The van der Waals surface area contributed by atoms with Crippen LogP contribution in [-0.4, -0.2) is 50.1 Å². The maximum absolute atomic E-state index is 13.0. The molecule has 8 nitrogen and oxygen atoms in total. The lowest BCUT2D eigenvalue weighted by Gasteiger charge is -2.35. The van der Waals surface area contributed by atoms with E-state index >= 15 is 0 Å². The molecule has 128 valence electrons. The first-order valence-corrected chi connectivity index (χ1v) is 8.10. The molecule has 0 spiro atoms. The highest BCUT2D eigenvalue weighted by Gasteiger charge is 2.32. The van der Waals surface area contributed by atoms with Crippen LogP contribution >= 0.6 is 0 Å². The number of hydrogen-bond donors (Lipinski definition) is 1. The summed E-state index contributed by atoms with van der Waals surface area (Å²) in [5, 5.41) is 7.29. The SMILES string of the molecule is Cn1ccnc1C1CNCCN1C(=O)c1cc(-c2ccncc2)on1. The van der Waals surface area contributed by atoms with Gasteiger partial charge in [-0.25, -0.2) is 4.98 Å². The van der Waals surface area contributed by atoms with Crippen molar-refractivity contribution in [2.45, 2.75) is 6.04 Å². The summed E-state index contributed by atoms with van der Waals surface area (Å²) in [6.07, 6.45) is 6.97. The van der Waals surface area contributed by atoms with E-state index in [4.69, 9.17) is 4.52 Å². The average molecular weight is 338 g/mol. The van der Waals surface area contributed by atoms with Crippen molar-refractivity contribution in [3.8, 4) is 11.3 Å². The fourth-order valence-electron chi connectivity index (χ4n) is 3.05. The molecule has 1 saturated heterocycles. The lowest BCUT2D eigenvalue weighted by Crippen LogP contribution is -2.49. The molecular weight excluding hydrogens is 320 g/mol. The number of rotatable bonds is 3. The first kappa shape index (κ1) is 15.5. The molecule has 1 aliphatic heterocycles. The van der Waals surface area contributed by atoms with Gasteiger partial charge in [0, 0.05) is 63.1 Å². The largest absolute Gasteiger partial charge is 0.355 e. The average Bonchev–Trinajstić information content (AvgIpc) is 3.31. The molecule has 3 aromatic heterocycles. The van der Waals surface area contributed by atoms with E-state index in [2.05, 4.69) is 20.4 Å². The molecule has 1 fully saturated rings.